The van der Waals surface area contributed by atoms with E-state index in [0.717, 1.165) is 16.7 Å². The highest BCUT2D eigenvalue weighted by molar-refractivity contribution is 6.89. The van der Waals surface area contributed by atoms with Gasteiger partial charge in [-0.25, -0.2) is 8.96 Å². The van der Waals surface area contributed by atoms with E-state index in [1.807, 2.05) is 43.3 Å². The fourth-order valence-electron chi connectivity index (χ4n) is 3.32. The van der Waals surface area contributed by atoms with Crippen molar-refractivity contribution in [3.63, 3.8) is 0 Å². The monoisotopic (exact) mass is 350 g/mol. The molecule has 25 heavy (non-hydrogen) atoms. The van der Waals surface area contributed by atoms with Gasteiger partial charge in [0, 0.05) is 22.4 Å². The summed E-state index contributed by atoms with van der Waals surface area (Å²) in [5.41, 5.74) is 4.86. The third-order valence-corrected chi connectivity index (χ3v) is 6.66. The summed E-state index contributed by atoms with van der Waals surface area (Å²) >= 11 is 0. The van der Waals surface area contributed by atoms with Gasteiger partial charge in [0.15, 0.2) is 6.20 Å². The Morgan fingerprint density at radius 3 is 2.20 bits per heavy atom. The van der Waals surface area contributed by atoms with Crippen molar-refractivity contribution in [1.82, 2.24) is 0 Å². The Bertz CT molecular complexity index is 911. The van der Waals surface area contributed by atoms with E-state index in [9.17, 15) is 4.39 Å². The molecular weight excluding hydrogens is 325 g/mol. The molecule has 0 aliphatic heterocycles. The van der Waals surface area contributed by atoms with Gasteiger partial charge in [0.1, 0.15) is 12.9 Å². The molecule has 0 spiro atoms. The van der Waals surface area contributed by atoms with E-state index in [4.69, 9.17) is 0 Å². The maximum atomic E-state index is 14.7. The van der Waals surface area contributed by atoms with Crippen LogP contribution in [0.25, 0.3) is 22.4 Å². The lowest BCUT2D eigenvalue weighted by molar-refractivity contribution is -0.659. The Labute approximate surface area is 150 Å². The third kappa shape index (κ3) is 3.42. The Kier molecular flexibility index (Phi) is 4.61. The molecule has 0 amide bonds. The fraction of sp³-hybridized carbons (Fsp3) is 0.227. The average molecular weight is 351 g/mol. The van der Waals surface area contributed by atoms with Crippen LogP contribution in [-0.4, -0.2) is 8.07 Å². The summed E-state index contributed by atoms with van der Waals surface area (Å²) in [6.45, 7) is 9.04. The lowest BCUT2D eigenvalue weighted by Gasteiger charge is -2.20. The third-order valence-electron chi connectivity index (χ3n) is 4.64. The molecule has 0 atom stereocenters. The number of halogens is 1. The lowest BCUT2D eigenvalue weighted by atomic mass is 9.97. The van der Waals surface area contributed by atoms with Gasteiger partial charge in [-0.05, 0) is 30.2 Å². The number of aromatic nitrogens is 1. The van der Waals surface area contributed by atoms with E-state index in [1.54, 1.807) is 6.07 Å². The van der Waals surface area contributed by atoms with Crippen molar-refractivity contribution in [2.24, 2.45) is 7.05 Å². The quantitative estimate of drug-likeness (QED) is 0.470. The van der Waals surface area contributed by atoms with Crippen molar-refractivity contribution in [2.75, 3.05) is 0 Å². The minimum atomic E-state index is -1.54. The molecule has 2 aromatic carbocycles. The minimum Gasteiger partial charge on any atom is -0.206 e. The molecule has 1 aromatic heterocycles. The molecule has 0 fully saturated rings. The van der Waals surface area contributed by atoms with E-state index in [-0.39, 0.29) is 5.82 Å². The second-order valence-corrected chi connectivity index (χ2v) is 12.7. The summed E-state index contributed by atoms with van der Waals surface area (Å²) in [7, 11) is 0.534. The molecule has 0 aliphatic carbocycles. The van der Waals surface area contributed by atoms with Gasteiger partial charge >= 0.3 is 0 Å². The molecule has 1 heterocycles. The fourth-order valence-corrected chi connectivity index (χ4v) is 4.94. The molecular formula is C22H25FNSi+. The highest BCUT2D eigenvalue weighted by Crippen LogP contribution is 2.30. The van der Waals surface area contributed by atoms with E-state index in [2.05, 4.69) is 49.6 Å². The van der Waals surface area contributed by atoms with Crippen LogP contribution in [0.4, 0.5) is 4.39 Å². The molecule has 3 heteroatoms. The zero-order valence-electron chi connectivity index (χ0n) is 15.6. The van der Waals surface area contributed by atoms with Gasteiger partial charge in [-0.2, -0.15) is 0 Å². The van der Waals surface area contributed by atoms with E-state index in [1.165, 1.54) is 10.9 Å². The molecule has 0 saturated carbocycles. The molecule has 0 bridgehead atoms. The Morgan fingerprint density at radius 2 is 1.56 bits per heavy atom. The summed E-state index contributed by atoms with van der Waals surface area (Å²) in [5, 5.41) is 1.39. The SMILES string of the molecule is Cc1cc(F)c(-c2ccccc2)cc1-c1c([Si](C)(C)C)ccc[n+]1C. The van der Waals surface area contributed by atoms with Crippen LogP contribution in [-0.2, 0) is 7.05 Å². The smallest absolute Gasteiger partial charge is 0.206 e. The highest BCUT2D eigenvalue weighted by Gasteiger charge is 2.28. The maximum absolute atomic E-state index is 14.7. The topological polar surface area (TPSA) is 3.88 Å². The first-order valence-corrected chi connectivity index (χ1v) is 12.1. The number of rotatable bonds is 3. The van der Waals surface area contributed by atoms with Gasteiger partial charge in [0.05, 0.1) is 8.07 Å². The van der Waals surface area contributed by atoms with Crippen LogP contribution in [0, 0.1) is 12.7 Å². The second kappa shape index (κ2) is 6.56. The van der Waals surface area contributed by atoms with Gasteiger partial charge in [-0.15, -0.1) is 0 Å². The first kappa shape index (κ1) is 17.6. The van der Waals surface area contributed by atoms with E-state index in [0.29, 0.717) is 5.56 Å². The van der Waals surface area contributed by atoms with Crippen LogP contribution in [0.15, 0.2) is 60.8 Å². The molecule has 128 valence electrons. The van der Waals surface area contributed by atoms with Crippen LogP contribution < -0.4 is 9.75 Å². The van der Waals surface area contributed by atoms with Gasteiger partial charge < -0.3 is 0 Å². The van der Waals surface area contributed by atoms with Crippen LogP contribution in [0.1, 0.15) is 5.56 Å². The van der Waals surface area contributed by atoms with Crippen LogP contribution in [0.2, 0.25) is 19.6 Å². The van der Waals surface area contributed by atoms with Crippen LogP contribution in [0.3, 0.4) is 0 Å². The van der Waals surface area contributed by atoms with Crippen molar-refractivity contribution in [1.29, 1.82) is 0 Å². The minimum absolute atomic E-state index is 0.166. The molecule has 0 aliphatic rings. The molecule has 0 radical (unpaired) electrons. The molecule has 1 nitrogen and oxygen atoms in total. The number of nitrogens with zero attached hydrogens (tertiary/aromatic N) is 1. The first-order chi connectivity index (χ1) is 11.8. The molecule has 3 rings (SSSR count). The van der Waals surface area contributed by atoms with E-state index < -0.39 is 8.07 Å². The molecule has 3 aromatic rings. The standard InChI is InChI=1S/C22H25FNSi/c1-16-14-20(23)19(17-10-7-6-8-11-17)15-18(16)22-21(25(3,4)5)12-9-13-24(22)2/h6-15H,1-5H3/q+1. The van der Waals surface area contributed by atoms with Crippen molar-refractivity contribution in [3.8, 4) is 22.4 Å². The Morgan fingerprint density at radius 1 is 0.880 bits per heavy atom. The number of benzene rings is 2. The number of hydrogen-bond acceptors (Lipinski definition) is 0. The maximum Gasteiger partial charge on any atom is 0.211 e. The van der Waals surface area contributed by atoms with Crippen LogP contribution in [0.5, 0.6) is 0 Å². The van der Waals surface area contributed by atoms with Crippen molar-refractivity contribution >= 4 is 13.3 Å². The van der Waals surface area contributed by atoms with E-state index >= 15 is 0 Å². The normalized spacial score (nSPS) is 11.6. The summed E-state index contributed by atoms with van der Waals surface area (Å²) in [6, 6.07) is 17.8. The highest BCUT2D eigenvalue weighted by atomic mass is 28.3. The summed E-state index contributed by atoms with van der Waals surface area (Å²) in [4.78, 5) is 0. The Hall–Kier alpha value is -2.26. The zero-order valence-corrected chi connectivity index (χ0v) is 16.6. The first-order valence-electron chi connectivity index (χ1n) is 8.64. The molecule has 0 saturated heterocycles. The Balaban J connectivity index is 2.30. The summed E-state index contributed by atoms with van der Waals surface area (Å²) < 4.78 is 16.8. The van der Waals surface area contributed by atoms with Gasteiger partial charge in [0.2, 0.25) is 5.69 Å². The summed E-state index contributed by atoms with van der Waals surface area (Å²) in [5.74, 6) is -0.166. The number of pyridine rings is 1. The zero-order chi connectivity index (χ0) is 18.2. The largest absolute Gasteiger partial charge is 0.211 e. The molecule has 0 N–H and O–H groups in total. The van der Waals surface area contributed by atoms with Crippen LogP contribution >= 0.6 is 0 Å². The number of aryl methyl sites for hydroxylation is 2. The van der Waals surface area contributed by atoms with Crippen molar-refractivity contribution in [2.45, 2.75) is 26.6 Å². The van der Waals surface area contributed by atoms with Gasteiger partial charge in [0.25, 0.3) is 0 Å². The van der Waals surface area contributed by atoms with Gasteiger partial charge in [-0.3, -0.25) is 0 Å². The second-order valence-electron chi connectivity index (χ2n) is 7.64. The summed E-state index contributed by atoms with van der Waals surface area (Å²) in [6.07, 6.45) is 2.07. The van der Waals surface area contributed by atoms with Gasteiger partial charge in [-0.1, -0.05) is 56.0 Å². The predicted octanol–water partition coefficient (Wildman–Crippen LogP) is 4.84. The average Bonchev–Trinajstić information content (AvgIpc) is 2.55. The van der Waals surface area contributed by atoms with Crippen molar-refractivity contribution in [3.05, 3.63) is 72.2 Å². The van der Waals surface area contributed by atoms with Crippen molar-refractivity contribution < 1.29 is 8.96 Å². The molecule has 0 unspecified atom stereocenters. The predicted molar refractivity (Wildman–Crippen MR) is 106 cm³/mol. The number of hydrogen-bond donors (Lipinski definition) is 0. The lowest BCUT2D eigenvalue weighted by Crippen LogP contribution is -2.47.